The van der Waals surface area contributed by atoms with Crippen LogP contribution in [0.2, 0.25) is 0 Å². The number of pyridine rings is 1. The summed E-state index contributed by atoms with van der Waals surface area (Å²) in [6, 6.07) is 4.58. The van der Waals surface area contributed by atoms with Crippen molar-refractivity contribution in [3.8, 4) is 0 Å². The highest BCUT2D eigenvalue weighted by atomic mass is 35.5. The minimum atomic E-state index is 0.266. The molecule has 1 aromatic heterocycles. The number of aromatic nitrogens is 1. The number of hydrogen-bond acceptors (Lipinski definition) is 3. The molecule has 1 aliphatic rings. The summed E-state index contributed by atoms with van der Waals surface area (Å²) in [4.78, 5) is 7.05. The van der Waals surface area contributed by atoms with Gasteiger partial charge in [-0.2, -0.15) is 0 Å². The van der Waals surface area contributed by atoms with E-state index in [0.717, 1.165) is 36.6 Å². The van der Waals surface area contributed by atoms with Gasteiger partial charge < -0.3 is 9.64 Å². The first-order chi connectivity index (χ1) is 8.65. The maximum absolute atomic E-state index is 5.88. The third kappa shape index (κ3) is 2.78. The van der Waals surface area contributed by atoms with E-state index in [2.05, 4.69) is 35.9 Å². The summed E-state index contributed by atoms with van der Waals surface area (Å²) in [6.07, 6.45) is 1.34. The van der Waals surface area contributed by atoms with Crippen LogP contribution in [0.5, 0.6) is 0 Å². The van der Waals surface area contributed by atoms with Gasteiger partial charge in [-0.15, -0.1) is 11.6 Å². The Labute approximate surface area is 114 Å². The predicted molar refractivity (Wildman–Crippen MR) is 75.4 cm³/mol. The molecule has 1 aliphatic heterocycles. The summed E-state index contributed by atoms with van der Waals surface area (Å²) in [5.74, 6) is 1.57. The van der Waals surface area contributed by atoms with Gasteiger partial charge in [0, 0.05) is 18.1 Å². The van der Waals surface area contributed by atoms with Crippen molar-refractivity contribution in [2.45, 2.75) is 45.2 Å². The van der Waals surface area contributed by atoms with Gasteiger partial charge in [0.25, 0.3) is 0 Å². The molecule has 2 heterocycles. The average Bonchev–Trinajstić information content (AvgIpc) is 2.38. The summed E-state index contributed by atoms with van der Waals surface area (Å²) in [5, 5.41) is 0. The number of hydrogen-bond donors (Lipinski definition) is 0. The Morgan fingerprint density at radius 3 is 2.89 bits per heavy atom. The van der Waals surface area contributed by atoms with Crippen LogP contribution in [0.4, 0.5) is 5.82 Å². The molecule has 4 heteroatoms. The Bertz CT molecular complexity index is 411. The maximum Gasteiger partial charge on any atom is 0.129 e. The summed E-state index contributed by atoms with van der Waals surface area (Å²) < 4.78 is 5.72. The topological polar surface area (TPSA) is 25.4 Å². The SMILES string of the molecule is CCC1COC(C)CN1c1ccc(CCl)c(C)n1. The Balaban J connectivity index is 2.25. The first kappa shape index (κ1) is 13.6. The minimum absolute atomic E-state index is 0.266. The molecular formula is C14H21ClN2O. The highest BCUT2D eigenvalue weighted by molar-refractivity contribution is 6.17. The van der Waals surface area contributed by atoms with Crippen LogP contribution in [0, 0.1) is 6.92 Å². The number of nitrogens with zero attached hydrogens (tertiary/aromatic N) is 2. The molecule has 3 nitrogen and oxygen atoms in total. The van der Waals surface area contributed by atoms with Crippen molar-refractivity contribution in [1.82, 2.24) is 4.98 Å². The van der Waals surface area contributed by atoms with Crippen LogP contribution in [-0.4, -0.2) is 30.3 Å². The molecule has 2 atom stereocenters. The predicted octanol–water partition coefficient (Wildman–Crippen LogP) is 3.13. The Kier molecular flexibility index (Phi) is 4.46. The van der Waals surface area contributed by atoms with Gasteiger partial charge in [0.15, 0.2) is 0 Å². The normalized spacial score (nSPS) is 24.3. The summed E-state index contributed by atoms with van der Waals surface area (Å²) in [5.41, 5.74) is 2.13. The van der Waals surface area contributed by atoms with Gasteiger partial charge in [-0.25, -0.2) is 4.98 Å². The molecule has 0 saturated carbocycles. The molecule has 2 rings (SSSR count). The van der Waals surface area contributed by atoms with E-state index in [1.807, 2.05) is 6.92 Å². The third-order valence-corrected chi connectivity index (χ3v) is 3.85. The van der Waals surface area contributed by atoms with Gasteiger partial charge in [-0.05, 0) is 31.9 Å². The number of rotatable bonds is 3. The first-order valence-corrected chi connectivity index (χ1v) is 7.09. The summed E-state index contributed by atoms with van der Waals surface area (Å²) >= 11 is 5.88. The molecule has 0 bridgehead atoms. The van der Waals surface area contributed by atoms with Gasteiger partial charge in [-0.1, -0.05) is 13.0 Å². The molecule has 0 N–H and O–H groups in total. The Morgan fingerprint density at radius 2 is 2.28 bits per heavy atom. The van der Waals surface area contributed by atoms with Gasteiger partial charge in [0.1, 0.15) is 5.82 Å². The quantitative estimate of drug-likeness (QED) is 0.788. The van der Waals surface area contributed by atoms with Crippen LogP contribution in [0.15, 0.2) is 12.1 Å². The Hall–Kier alpha value is -0.800. The lowest BCUT2D eigenvalue weighted by Gasteiger charge is -2.39. The second kappa shape index (κ2) is 5.89. The number of morpholine rings is 1. The summed E-state index contributed by atoms with van der Waals surface area (Å²) in [6.45, 7) is 8.02. The fourth-order valence-electron chi connectivity index (χ4n) is 2.34. The first-order valence-electron chi connectivity index (χ1n) is 6.56. The maximum atomic E-state index is 5.88. The molecular weight excluding hydrogens is 248 g/mol. The smallest absolute Gasteiger partial charge is 0.129 e. The van der Waals surface area contributed by atoms with E-state index in [1.165, 1.54) is 0 Å². The number of halogens is 1. The molecule has 2 unspecified atom stereocenters. The molecule has 1 fully saturated rings. The van der Waals surface area contributed by atoms with Crippen molar-refractivity contribution in [2.75, 3.05) is 18.1 Å². The van der Waals surface area contributed by atoms with E-state index in [9.17, 15) is 0 Å². The zero-order valence-electron chi connectivity index (χ0n) is 11.3. The number of anilines is 1. The highest BCUT2D eigenvalue weighted by Crippen LogP contribution is 2.23. The zero-order chi connectivity index (χ0) is 13.1. The van der Waals surface area contributed by atoms with Crippen LogP contribution in [0.3, 0.4) is 0 Å². The molecule has 18 heavy (non-hydrogen) atoms. The van der Waals surface area contributed by atoms with Crippen molar-refractivity contribution < 1.29 is 4.74 Å². The van der Waals surface area contributed by atoms with Gasteiger partial charge >= 0.3 is 0 Å². The lowest BCUT2D eigenvalue weighted by molar-refractivity contribution is 0.0296. The lowest BCUT2D eigenvalue weighted by atomic mass is 10.1. The van der Waals surface area contributed by atoms with Crippen molar-refractivity contribution in [1.29, 1.82) is 0 Å². The van der Waals surface area contributed by atoms with Gasteiger partial charge in [0.2, 0.25) is 0 Å². The molecule has 0 aromatic carbocycles. The van der Waals surface area contributed by atoms with Crippen LogP contribution in [0.25, 0.3) is 0 Å². The van der Waals surface area contributed by atoms with Crippen LogP contribution in [-0.2, 0) is 10.6 Å². The van der Waals surface area contributed by atoms with Crippen LogP contribution < -0.4 is 4.90 Å². The van der Waals surface area contributed by atoms with E-state index in [-0.39, 0.29) is 6.10 Å². The molecule has 0 radical (unpaired) electrons. The van der Waals surface area contributed by atoms with E-state index in [1.54, 1.807) is 0 Å². The highest BCUT2D eigenvalue weighted by Gasteiger charge is 2.26. The van der Waals surface area contributed by atoms with E-state index in [4.69, 9.17) is 16.3 Å². The van der Waals surface area contributed by atoms with Crippen molar-refractivity contribution >= 4 is 17.4 Å². The fourth-order valence-corrected chi connectivity index (χ4v) is 2.62. The molecule has 0 spiro atoms. The zero-order valence-corrected chi connectivity index (χ0v) is 12.1. The number of ether oxygens (including phenoxy) is 1. The van der Waals surface area contributed by atoms with Gasteiger partial charge in [0.05, 0.1) is 18.8 Å². The average molecular weight is 269 g/mol. The second-order valence-electron chi connectivity index (χ2n) is 4.91. The van der Waals surface area contributed by atoms with Gasteiger partial charge in [-0.3, -0.25) is 0 Å². The van der Waals surface area contributed by atoms with Crippen LogP contribution >= 0.6 is 11.6 Å². The monoisotopic (exact) mass is 268 g/mol. The Morgan fingerprint density at radius 1 is 1.50 bits per heavy atom. The van der Waals surface area contributed by atoms with E-state index >= 15 is 0 Å². The molecule has 100 valence electrons. The largest absolute Gasteiger partial charge is 0.375 e. The standard InChI is InChI=1S/C14H21ClN2O/c1-4-13-9-18-10(2)8-17(13)14-6-5-12(7-15)11(3)16-14/h5-6,10,13H,4,7-9H2,1-3H3. The van der Waals surface area contributed by atoms with E-state index < -0.39 is 0 Å². The van der Waals surface area contributed by atoms with Crippen molar-refractivity contribution in [2.24, 2.45) is 0 Å². The summed E-state index contributed by atoms with van der Waals surface area (Å²) in [7, 11) is 0. The van der Waals surface area contributed by atoms with E-state index in [0.29, 0.717) is 11.9 Å². The van der Waals surface area contributed by atoms with Crippen molar-refractivity contribution in [3.63, 3.8) is 0 Å². The van der Waals surface area contributed by atoms with Crippen LogP contribution in [0.1, 0.15) is 31.5 Å². The molecule has 0 aliphatic carbocycles. The fraction of sp³-hybridized carbons (Fsp3) is 0.643. The molecule has 1 saturated heterocycles. The third-order valence-electron chi connectivity index (χ3n) is 3.56. The lowest BCUT2D eigenvalue weighted by Crippen LogP contribution is -2.49. The van der Waals surface area contributed by atoms with Crippen molar-refractivity contribution in [3.05, 3.63) is 23.4 Å². The number of alkyl halides is 1. The minimum Gasteiger partial charge on any atom is -0.375 e. The molecule has 0 amide bonds. The molecule has 1 aromatic rings. The number of aryl methyl sites for hydroxylation is 1. The second-order valence-corrected chi connectivity index (χ2v) is 5.17.